The SMILES string of the molecule is CCN1CCC(N(C)C(=O)c2cccnc2NC)CC1. The molecule has 2 heterocycles. The highest BCUT2D eigenvalue weighted by Crippen LogP contribution is 2.19. The van der Waals surface area contributed by atoms with Crippen LogP contribution in [0.25, 0.3) is 0 Å². The van der Waals surface area contributed by atoms with Crippen LogP contribution in [-0.2, 0) is 0 Å². The minimum Gasteiger partial charge on any atom is -0.372 e. The number of hydrogen-bond donors (Lipinski definition) is 1. The van der Waals surface area contributed by atoms with E-state index in [2.05, 4.69) is 22.1 Å². The number of carbonyl (C=O) groups is 1. The van der Waals surface area contributed by atoms with Crippen LogP contribution in [0.2, 0.25) is 0 Å². The topological polar surface area (TPSA) is 48.5 Å². The monoisotopic (exact) mass is 276 g/mol. The predicted octanol–water partition coefficient (Wildman–Crippen LogP) is 1.68. The first kappa shape index (κ1) is 14.8. The van der Waals surface area contributed by atoms with Crippen molar-refractivity contribution in [1.82, 2.24) is 14.8 Å². The summed E-state index contributed by atoms with van der Waals surface area (Å²) < 4.78 is 0. The van der Waals surface area contributed by atoms with Gasteiger partial charge in [-0.3, -0.25) is 4.79 Å². The van der Waals surface area contributed by atoms with Crippen LogP contribution in [0.1, 0.15) is 30.1 Å². The van der Waals surface area contributed by atoms with Crippen molar-refractivity contribution in [2.75, 3.05) is 39.0 Å². The molecule has 5 heteroatoms. The molecule has 1 aliphatic heterocycles. The fourth-order valence-electron chi connectivity index (χ4n) is 2.76. The van der Waals surface area contributed by atoms with Gasteiger partial charge >= 0.3 is 0 Å². The minimum atomic E-state index is 0.0531. The average molecular weight is 276 g/mol. The highest BCUT2D eigenvalue weighted by Gasteiger charge is 2.26. The lowest BCUT2D eigenvalue weighted by Gasteiger charge is -2.36. The molecule has 0 bridgehead atoms. The molecule has 20 heavy (non-hydrogen) atoms. The number of nitrogens with zero attached hydrogens (tertiary/aromatic N) is 3. The highest BCUT2D eigenvalue weighted by atomic mass is 16.2. The Bertz CT molecular complexity index is 455. The van der Waals surface area contributed by atoms with Crippen LogP contribution in [0.5, 0.6) is 0 Å². The number of amides is 1. The second-order valence-corrected chi connectivity index (χ2v) is 5.23. The lowest BCUT2D eigenvalue weighted by Crippen LogP contribution is -2.45. The Balaban J connectivity index is 2.05. The zero-order valence-corrected chi connectivity index (χ0v) is 12.6. The number of anilines is 1. The standard InChI is InChI=1S/C15H24N4O/c1-4-19-10-7-12(8-11-19)18(3)15(20)13-6-5-9-17-14(13)16-2/h5-6,9,12H,4,7-8,10-11H2,1-3H3,(H,16,17). The van der Waals surface area contributed by atoms with Crippen LogP contribution in [0.15, 0.2) is 18.3 Å². The number of pyridine rings is 1. The number of nitrogens with one attached hydrogen (secondary N) is 1. The molecule has 1 aliphatic rings. The van der Waals surface area contributed by atoms with Crippen LogP contribution >= 0.6 is 0 Å². The van der Waals surface area contributed by atoms with Gasteiger partial charge in [-0.1, -0.05) is 6.92 Å². The molecular formula is C15H24N4O. The third-order valence-corrected chi connectivity index (χ3v) is 4.15. The minimum absolute atomic E-state index is 0.0531. The molecule has 1 fully saturated rings. The van der Waals surface area contributed by atoms with E-state index >= 15 is 0 Å². The van der Waals surface area contributed by atoms with Crippen molar-refractivity contribution >= 4 is 11.7 Å². The summed E-state index contributed by atoms with van der Waals surface area (Å²) in [5.41, 5.74) is 0.649. The molecule has 0 aliphatic carbocycles. The van der Waals surface area contributed by atoms with Crippen LogP contribution in [-0.4, -0.2) is 60.5 Å². The smallest absolute Gasteiger partial charge is 0.257 e. The molecule has 0 spiro atoms. The molecule has 0 saturated carbocycles. The molecule has 1 amide bonds. The summed E-state index contributed by atoms with van der Waals surface area (Å²) in [4.78, 5) is 21.1. The van der Waals surface area contributed by atoms with E-state index in [1.54, 1.807) is 13.2 Å². The maximum absolute atomic E-state index is 12.6. The van der Waals surface area contributed by atoms with Crippen molar-refractivity contribution in [1.29, 1.82) is 0 Å². The summed E-state index contributed by atoms with van der Waals surface area (Å²) >= 11 is 0. The molecule has 1 N–H and O–H groups in total. The van der Waals surface area contributed by atoms with E-state index in [1.165, 1.54) is 0 Å². The van der Waals surface area contributed by atoms with Crippen molar-refractivity contribution in [3.8, 4) is 0 Å². The van der Waals surface area contributed by atoms with Crippen molar-refractivity contribution in [3.63, 3.8) is 0 Å². The van der Waals surface area contributed by atoms with Crippen LogP contribution in [0, 0.1) is 0 Å². The van der Waals surface area contributed by atoms with Crippen molar-refractivity contribution < 1.29 is 4.79 Å². The molecule has 0 unspecified atom stereocenters. The van der Waals surface area contributed by atoms with E-state index < -0.39 is 0 Å². The molecule has 0 radical (unpaired) electrons. The summed E-state index contributed by atoms with van der Waals surface area (Å²) in [6.45, 7) is 5.43. The third-order valence-electron chi connectivity index (χ3n) is 4.15. The van der Waals surface area contributed by atoms with Crippen molar-refractivity contribution in [3.05, 3.63) is 23.9 Å². The number of rotatable bonds is 4. The van der Waals surface area contributed by atoms with E-state index in [-0.39, 0.29) is 5.91 Å². The van der Waals surface area contributed by atoms with Gasteiger partial charge in [-0.15, -0.1) is 0 Å². The van der Waals surface area contributed by atoms with Crippen molar-refractivity contribution in [2.45, 2.75) is 25.8 Å². The summed E-state index contributed by atoms with van der Waals surface area (Å²) in [5.74, 6) is 0.702. The van der Waals surface area contributed by atoms with Crippen LogP contribution < -0.4 is 5.32 Å². The van der Waals surface area contributed by atoms with Gasteiger partial charge in [0.1, 0.15) is 5.82 Å². The Morgan fingerprint density at radius 3 is 2.80 bits per heavy atom. The van der Waals surface area contributed by atoms with Gasteiger partial charge < -0.3 is 15.1 Å². The molecule has 1 aromatic heterocycles. The fraction of sp³-hybridized carbons (Fsp3) is 0.600. The average Bonchev–Trinajstić information content (AvgIpc) is 2.53. The molecular weight excluding hydrogens is 252 g/mol. The fourth-order valence-corrected chi connectivity index (χ4v) is 2.76. The summed E-state index contributed by atoms with van der Waals surface area (Å²) in [5, 5.41) is 2.98. The van der Waals surface area contributed by atoms with Crippen LogP contribution in [0.3, 0.4) is 0 Å². The zero-order chi connectivity index (χ0) is 14.5. The number of likely N-dealkylation sites (tertiary alicyclic amines) is 1. The Morgan fingerprint density at radius 1 is 1.50 bits per heavy atom. The number of hydrogen-bond acceptors (Lipinski definition) is 4. The first-order chi connectivity index (χ1) is 9.67. The second kappa shape index (κ2) is 6.70. The van der Waals surface area contributed by atoms with Gasteiger partial charge in [0, 0.05) is 39.4 Å². The lowest BCUT2D eigenvalue weighted by molar-refractivity contribution is 0.0647. The van der Waals surface area contributed by atoms with E-state index in [0.717, 1.165) is 32.5 Å². The molecule has 110 valence electrons. The number of piperidine rings is 1. The van der Waals surface area contributed by atoms with E-state index in [0.29, 0.717) is 17.4 Å². The molecule has 0 aromatic carbocycles. The van der Waals surface area contributed by atoms with Gasteiger partial charge in [0.15, 0.2) is 0 Å². The Hall–Kier alpha value is -1.62. The summed E-state index contributed by atoms with van der Waals surface area (Å²) in [7, 11) is 3.69. The molecule has 1 saturated heterocycles. The normalized spacial score (nSPS) is 16.9. The maximum Gasteiger partial charge on any atom is 0.257 e. The van der Waals surface area contributed by atoms with Crippen LogP contribution in [0.4, 0.5) is 5.82 Å². The molecule has 2 rings (SSSR count). The molecule has 5 nitrogen and oxygen atoms in total. The first-order valence-electron chi connectivity index (χ1n) is 7.29. The van der Waals surface area contributed by atoms with Gasteiger partial charge in [0.25, 0.3) is 5.91 Å². The quantitative estimate of drug-likeness (QED) is 0.909. The first-order valence-corrected chi connectivity index (χ1v) is 7.29. The van der Waals surface area contributed by atoms with Gasteiger partial charge in [-0.25, -0.2) is 4.98 Å². The van der Waals surface area contributed by atoms with E-state index in [4.69, 9.17) is 0 Å². The summed E-state index contributed by atoms with van der Waals surface area (Å²) in [6, 6.07) is 3.97. The number of aromatic nitrogens is 1. The van der Waals surface area contributed by atoms with E-state index in [9.17, 15) is 4.79 Å². The third kappa shape index (κ3) is 3.10. The van der Waals surface area contributed by atoms with Gasteiger partial charge in [0.2, 0.25) is 0 Å². The Kier molecular flexibility index (Phi) is 4.95. The highest BCUT2D eigenvalue weighted by molar-refractivity contribution is 5.98. The van der Waals surface area contributed by atoms with Gasteiger partial charge in [0.05, 0.1) is 5.56 Å². The lowest BCUT2D eigenvalue weighted by atomic mass is 10.0. The van der Waals surface area contributed by atoms with Gasteiger partial charge in [-0.2, -0.15) is 0 Å². The van der Waals surface area contributed by atoms with E-state index in [1.807, 2.05) is 24.1 Å². The summed E-state index contributed by atoms with van der Waals surface area (Å²) in [6.07, 6.45) is 3.79. The maximum atomic E-state index is 12.6. The second-order valence-electron chi connectivity index (χ2n) is 5.23. The Morgan fingerprint density at radius 2 is 2.20 bits per heavy atom. The Labute approximate surface area is 121 Å². The predicted molar refractivity (Wildman–Crippen MR) is 81.0 cm³/mol. The molecule has 0 atom stereocenters. The van der Waals surface area contributed by atoms with Gasteiger partial charge in [-0.05, 0) is 31.5 Å². The zero-order valence-electron chi connectivity index (χ0n) is 12.6. The number of carbonyl (C=O) groups excluding carboxylic acids is 1. The van der Waals surface area contributed by atoms with Crippen molar-refractivity contribution in [2.24, 2.45) is 0 Å². The largest absolute Gasteiger partial charge is 0.372 e. The molecule has 1 aromatic rings.